The summed E-state index contributed by atoms with van der Waals surface area (Å²) in [5.41, 5.74) is 4.58. The van der Waals surface area contributed by atoms with Crippen molar-refractivity contribution in [2.45, 2.75) is 32.9 Å². The highest BCUT2D eigenvalue weighted by Gasteiger charge is 2.21. The Balaban J connectivity index is 1.32. The van der Waals surface area contributed by atoms with Crippen LogP contribution in [0, 0.1) is 0 Å². The van der Waals surface area contributed by atoms with Crippen molar-refractivity contribution in [2.24, 2.45) is 4.99 Å². The van der Waals surface area contributed by atoms with Crippen molar-refractivity contribution in [1.29, 1.82) is 0 Å². The number of carbonyl (C=O) groups excluding carboxylic acids is 1. The highest BCUT2D eigenvalue weighted by atomic mass is 16.2. The Labute approximate surface area is 184 Å². The lowest BCUT2D eigenvalue weighted by Crippen LogP contribution is -2.36. The largest absolute Gasteiger partial charge is 0.364 e. The first kappa shape index (κ1) is 21.0. The Hall–Kier alpha value is -3.28. The molecule has 2 N–H and O–H groups in total. The number of benzene rings is 2. The van der Waals surface area contributed by atoms with E-state index in [1.54, 1.807) is 0 Å². The predicted molar refractivity (Wildman–Crippen MR) is 127 cm³/mol. The number of nitrogens with one attached hydrogen (secondary N) is 2. The molecular formula is C25H31N5O. The molecule has 2 heterocycles. The van der Waals surface area contributed by atoms with Crippen molar-refractivity contribution >= 4 is 23.2 Å². The number of guanidine groups is 1. The normalized spacial score (nSPS) is 16.3. The summed E-state index contributed by atoms with van der Waals surface area (Å²) >= 11 is 0. The predicted octanol–water partition coefficient (Wildman–Crippen LogP) is 3.44. The van der Waals surface area contributed by atoms with Crippen LogP contribution in [0.1, 0.15) is 30.9 Å². The highest BCUT2D eigenvalue weighted by Crippen LogP contribution is 2.21. The van der Waals surface area contributed by atoms with Gasteiger partial charge >= 0.3 is 0 Å². The third-order valence-electron chi connectivity index (χ3n) is 5.67. The van der Waals surface area contributed by atoms with Crippen molar-refractivity contribution in [2.75, 3.05) is 36.0 Å². The van der Waals surface area contributed by atoms with Crippen molar-refractivity contribution in [1.82, 2.24) is 10.6 Å². The third-order valence-corrected chi connectivity index (χ3v) is 5.67. The molecule has 2 aliphatic heterocycles. The van der Waals surface area contributed by atoms with E-state index in [1.807, 2.05) is 17.0 Å². The first-order valence-corrected chi connectivity index (χ1v) is 11.1. The summed E-state index contributed by atoms with van der Waals surface area (Å²) in [6, 6.07) is 16.9. The van der Waals surface area contributed by atoms with Crippen LogP contribution in [0.2, 0.25) is 0 Å². The van der Waals surface area contributed by atoms with E-state index < -0.39 is 0 Å². The molecule has 1 amide bonds. The molecule has 162 valence electrons. The molecule has 0 aliphatic carbocycles. The Morgan fingerprint density at radius 3 is 2.26 bits per heavy atom. The molecule has 0 aromatic heterocycles. The van der Waals surface area contributed by atoms with Gasteiger partial charge in [0.05, 0.1) is 6.54 Å². The molecule has 0 saturated carbocycles. The molecule has 0 atom stereocenters. The number of aliphatic imine (C=N–C) groups is 1. The minimum atomic E-state index is 0.220. The van der Waals surface area contributed by atoms with Crippen LogP contribution in [0.15, 0.2) is 65.7 Å². The zero-order valence-electron chi connectivity index (χ0n) is 18.2. The van der Waals surface area contributed by atoms with E-state index in [0.29, 0.717) is 19.5 Å². The molecule has 1 saturated heterocycles. The van der Waals surface area contributed by atoms with E-state index in [-0.39, 0.29) is 5.91 Å². The van der Waals surface area contributed by atoms with Gasteiger partial charge < -0.3 is 20.4 Å². The van der Waals surface area contributed by atoms with Crippen LogP contribution in [0.5, 0.6) is 0 Å². The number of hydrogen-bond acceptors (Lipinski definition) is 3. The van der Waals surface area contributed by atoms with Crippen LogP contribution in [-0.4, -0.2) is 38.0 Å². The van der Waals surface area contributed by atoms with E-state index in [1.165, 1.54) is 11.3 Å². The topological polar surface area (TPSA) is 60.0 Å². The maximum absolute atomic E-state index is 11.9. The monoisotopic (exact) mass is 417 g/mol. The summed E-state index contributed by atoms with van der Waals surface area (Å²) in [5.74, 6) is 1.02. The Morgan fingerprint density at radius 1 is 0.935 bits per heavy atom. The number of hydrogen-bond donors (Lipinski definition) is 2. The molecule has 0 bridgehead atoms. The number of amides is 1. The number of anilines is 2. The highest BCUT2D eigenvalue weighted by molar-refractivity contribution is 5.95. The second-order valence-corrected chi connectivity index (χ2v) is 7.91. The third kappa shape index (κ3) is 5.45. The second-order valence-electron chi connectivity index (χ2n) is 7.91. The van der Waals surface area contributed by atoms with Crippen molar-refractivity contribution in [3.8, 4) is 0 Å². The molecule has 0 spiro atoms. The van der Waals surface area contributed by atoms with E-state index in [4.69, 9.17) is 4.99 Å². The van der Waals surface area contributed by atoms with Gasteiger partial charge in [-0.3, -0.25) is 4.79 Å². The van der Waals surface area contributed by atoms with Crippen molar-refractivity contribution < 1.29 is 4.79 Å². The van der Waals surface area contributed by atoms with Gasteiger partial charge in [0.15, 0.2) is 5.96 Å². The maximum atomic E-state index is 11.9. The average Bonchev–Trinajstić information content (AvgIpc) is 3.49. The van der Waals surface area contributed by atoms with Gasteiger partial charge in [-0.1, -0.05) is 36.4 Å². The smallest absolute Gasteiger partial charge is 0.227 e. The molecule has 2 aromatic rings. The molecule has 1 fully saturated rings. The van der Waals surface area contributed by atoms with Gasteiger partial charge in [0, 0.05) is 50.5 Å². The minimum absolute atomic E-state index is 0.220. The fraction of sp³-hybridized carbons (Fsp3) is 0.360. The van der Waals surface area contributed by atoms with Gasteiger partial charge in [-0.05, 0) is 48.7 Å². The van der Waals surface area contributed by atoms with E-state index >= 15 is 0 Å². The minimum Gasteiger partial charge on any atom is -0.364 e. The lowest BCUT2D eigenvalue weighted by Gasteiger charge is -2.17. The quantitative estimate of drug-likeness (QED) is 0.412. The van der Waals surface area contributed by atoms with Gasteiger partial charge in [0.2, 0.25) is 5.91 Å². The van der Waals surface area contributed by atoms with Gasteiger partial charge in [0.1, 0.15) is 0 Å². The fourth-order valence-corrected chi connectivity index (χ4v) is 3.91. The number of nitrogens with zero attached hydrogens (tertiary/aromatic N) is 3. The molecule has 0 unspecified atom stereocenters. The van der Waals surface area contributed by atoms with Crippen LogP contribution in [-0.2, 0) is 17.9 Å². The number of carbonyl (C=O) groups is 1. The fourth-order valence-electron chi connectivity index (χ4n) is 3.91. The van der Waals surface area contributed by atoms with Gasteiger partial charge in [-0.15, -0.1) is 0 Å². The van der Waals surface area contributed by atoms with Crippen molar-refractivity contribution in [3.05, 3.63) is 71.8 Å². The molecule has 31 heavy (non-hydrogen) atoms. The molecule has 4 rings (SSSR count). The first-order chi connectivity index (χ1) is 15.2. The molecule has 6 heteroatoms. The summed E-state index contributed by atoms with van der Waals surface area (Å²) in [4.78, 5) is 20.8. The summed E-state index contributed by atoms with van der Waals surface area (Å²) in [7, 11) is 0. The van der Waals surface area contributed by atoms with Gasteiger partial charge in [-0.25, -0.2) is 4.99 Å². The summed E-state index contributed by atoms with van der Waals surface area (Å²) in [5, 5.41) is 6.71. The summed E-state index contributed by atoms with van der Waals surface area (Å²) < 4.78 is 0. The zero-order chi connectivity index (χ0) is 21.5. The van der Waals surface area contributed by atoms with E-state index in [9.17, 15) is 4.79 Å². The second kappa shape index (κ2) is 10.2. The molecule has 6 nitrogen and oxygen atoms in total. The van der Waals surface area contributed by atoms with Crippen LogP contribution in [0.3, 0.4) is 0 Å². The van der Waals surface area contributed by atoms with E-state index in [2.05, 4.69) is 71.0 Å². The van der Waals surface area contributed by atoms with Crippen LogP contribution >= 0.6 is 0 Å². The van der Waals surface area contributed by atoms with E-state index in [0.717, 1.165) is 49.8 Å². The van der Waals surface area contributed by atoms with Gasteiger partial charge in [0.25, 0.3) is 0 Å². The molecule has 0 radical (unpaired) electrons. The molecular weight excluding hydrogens is 386 g/mol. The van der Waals surface area contributed by atoms with Crippen LogP contribution in [0.25, 0.3) is 0 Å². The Morgan fingerprint density at radius 2 is 1.61 bits per heavy atom. The average molecular weight is 418 g/mol. The van der Waals surface area contributed by atoms with Crippen LogP contribution in [0.4, 0.5) is 11.4 Å². The SMILES string of the molecule is CCNC(=NCc1ccc(N2CC=CC2)cc1)NCc1ccc(N2CCCC2=O)cc1. The zero-order valence-corrected chi connectivity index (χ0v) is 18.2. The first-order valence-electron chi connectivity index (χ1n) is 11.1. The summed E-state index contributed by atoms with van der Waals surface area (Å²) in [6.07, 6.45) is 6.00. The molecule has 2 aliphatic rings. The Kier molecular flexibility index (Phi) is 6.87. The Bertz CT molecular complexity index is 925. The molecule has 2 aromatic carbocycles. The summed E-state index contributed by atoms with van der Waals surface area (Å²) in [6.45, 7) is 6.98. The van der Waals surface area contributed by atoms with Gasteiger partial charge in [-0.2, -0.15) is 0 Å². The lowest BCUT2D eigenvalue weighted by molar-refractivity contribution is -0.117. The lowest BCUT2D eigenvalue weighted by atomic mass is 10.2. The van der Waals surface area contributed by atoms with Crippen molar-refractivity contribution in [3.63, 3.8) is 0 Å². The standard InChI is InChI=1S/C25H31N5O/c1-2-26-25(27-18-20-7-11-22(12-8-20)29-15-3-4-16-29)28-19-21-9-13-23(14-10-21)30-17-5-6-24(30)31/h3-4,7-14H,2,5-6,15-19H2,1H3,(H2,26,27,28). The number of rotatable bonds is 7. The van der Waals surface area contributed by atoms with Crippen LogP contribution < -0.4 is 20.4 Å². The maximum Gasteiger partial charge on any atom is 0.227 e.